The summed E-state index contributed by atoms with van der Waals surface area (Å²) in [6, 6.07) is 4.53. The molecule has 0 unspecified atom stereocenters. The monoisotopic (exact) mass is 372 g/mol. The van der Waals surface area contributed by atoms with Gasteiger partial charge in [0, 0.05) is 22.9 Å². The molecule has 1 aliphatic heterocycles. The number of rotatable bonds is 4. The number of amides is 2. The Hall–Kier alpha value is -2.42. The summed E-state index contributed by atoms with van der Waals surface area (Å²) in [6.45, 7) is 0.103. The summed E-state index contributed by atoms with van der Waals surface area (Å²) in [7, 11) is 0. The van der Waals surface area contributed by atoms with Gasteiger partial charge in [-0.15, -0.1) is 11.3 Å². The summed E-state index contributed by atoms with van der Waals surface area (Å²) >= 11 is 1.02. The minimum absolute atomic E-state index is 0.103. The molecule has 2 aromatic rings. The third-order valence-corrected chi connectivity index (χ3v) is 5.01. The number of nitrogens with one attached hydrogen (secondary N) is 2. The number of hydrogen-bond acceptors (Lipinski definition) is 3. The smallest absolute Gasteiger partial charge is 0.264 e. The molecule has 0 radical (unpaired) electrons. The van der Waals surface area contributed by atoms with Gasteiger partial charge in [0.15, 0.2) is 11.6 Å². The Morgan fingerprint density at radius 2 is 2.08 bits per heavy atom. The molecule has 2 amide bonds. The van der Waals surface area contributed by atoms with Crippen molar-refractivity contribution in [3.63, 3.8) is 0 Å². The molecule has 1 aromatic carbocycles. The van der Waals surface area contributed by atoms with Gasteiger partial charge in [0.2, 0.25) is 11.8 Å². The fourth-order valence-electron chi connectivity index (χ4n) is 2.68. The molecule has 3 rings (SSSR count). The fourth-order valence-corrected chi connectivity index (χ4v) is 3.72. The molecule has 25 heavy (non-hydrogen) atoms. The van der Waals surface area contributed by atoms with E-state index < -0.39 is 41.7 Å². The van der Waals surface area contributed by atoms with E-state index in [0.717, 1.165) is 23.5 Å². The van der Waals surface area contributed by atoms with Crippen molar-refractivity contribution in [1.29, 1.82) is 0 Å². The molecule has 1 aliphatic rings. The van der Waals surface area contributed by atoms with E-state index >= 15 is 0 Å². The molecule has 1 fully saturated rings. The van der Waals surface area contributed by atoms with E-state index in [2.05, 4.69) is 10.6 Å². The van der Waals surface area contributed by atoms with E-state index in [0.29, 0.717) is 4.88 Å². The van der Waals surface area contributed by atoms with Crippen LogP contribution in [0, 0.1) is 17.6 Å². The van der Waals surface area contributed by atoms with Crippen LogP contribution in [-0.2, 0) is 9.59 Å². The van der Waals surface area contributed by atoms with Crippen molar-refractivity contribution >= 4 is 28.8 Å². The first-order chi connectivity index (χ1) is 11.9. The van der Waals surface area contributed by atoms with Crippen molar-refractivity contribution in [2.75, 3.05) is 11.9 Å². The van der Waals surface area contributed by atoms with Gasteiger partial charge >= 0.3 is 0 Å². The van der Waals surface area contributed by atoms with E-state index in [1.54, 1.807) is 0 Å². The molecule has 0 saturated carbocycles. The lowest BCUT2D eigenvalue weighted by atomic mass is 9.92. The van der Waals surface area contributed by atoms with Gasteiger partial charge in [-0.25, -0.2) is 17.6 Å². The lowest BCUT2D eigenvalue weighted by molar-refractivity contribution is -0.130. The summed E-state index contributed by atoms with van der Waals surface area (Å²) in [6.07, 6.45) is -2.65. The minimum Gasteiger partial charge on any atom is -0.355 e. The number of carbonyl (C=O) groups is 2. The highest BCUT2D eigenvalue weighted by Gasteiger charge is 2.42. The van der Waals surface area contributed by atoms with E-state index in [4.69, 9.17) is 0 Å². The second-order valence-electron chi connectivity index (χ2n) is 5.50. The molecule has 2 heterocycles. The van der Waals surface area contributed by atoms with Gasteiger partial charge in [-0.2, -0.15) is 0 Å². The Labute approximate surface area is 143 Å². The number of anilines is 1. The summed E-state index contributed by atoms with van der Waals surface area (Å²) in [5.41, 5.74) is -0.572. The zero-order valence-electron chi connectivity index (χ0n) is 12.6. The largest absolute Gasteiger partial charge is 0.355 e. The number of benzene rings is 1. The highest BCUT2D eigenvalue weighted by molar-refractivity contribution is 7.10. The highest BCUT2D eigenvalue weighted by atomic mass is 32.1. The third-order valence-electron chi connectivity index (χ3n) is 3.93. The lowest BCUT2D eigenvalue weighted by Crippen LogP contribution is -2.32. The molecule has 2 N–H and O–H groups in total. The zero-order chi connectivity index (χ0) is 18.1. The molecule has 4 nitrogen and oxygen atoms in total. The van der Waals surface area contributed by atoms with Crippen LogP contribution < -0.4 is 10.6 Å². The van der Waals surface area contributed by atoms with Gasteiger partial charge in [-0.1, -0.05) is 6.07 Å². The van der Waals surface area contributed by atoms with Crippen LogP contribution in [0.3, 0.4) is 0 Å². The topological polar surface area (TPSA) is 58.2 Å². The summed E-state index contributed by atoms with van der Waals surface area (Å²) in [4.78, 5) is 24.9. The molecule has 9 heteroatoms. The molecule has 2 atom stereocenters. The number of thiophene rings is 1. The van der Waals surface area contributed by atoms with Crippen molar-refractivity contribution < 1.29 is 27.2 Å². The van der Waals surface area contributed by atoms with Gasteiger partial charge < -0.3 is 10.6 Å². The van der Waals surface area contributed by atoms with Crippen LogP contribution in [0.2, 0.25) is 0 Å². The first-order valence-corrected chi connectivity index (χ1v) is 8.15. The van der Waals surface area contributed by atoms with E-state index in [9.17, 15) is 27.2 Å². The molecule has 1 saturated heterocycles. The first-order valence-electron chi connectivity index (χ1n) is 7.27. The molecule has 0 aliphatic carbocycles. The highest BCUT2D eigenvalue weighted by Crippen LogP contribution is 2.36. The maximum absolute atomic E-state index is 13.7. The zero-order valence-corrected chi connectivity index (χ0v) is 13.4. The third kappa shape index (κ3) is 3.37. The van der Waals surface area contributed by atoms with Crippen molar-refractivity contribution in [2.45, 2.75) is 12.3 Å². The Balaban J connectivity index is 1.83. The fraction of sp³-hybridized carbons (Fsp3) is 0.250. The predicted molar refractivity (Wildman–Crippen MR) is 83.5 cm³/mol. The summed E-state index contributed by atoms with van der Waals surface area (Å²) in [5, 5.41) is 5.96. The average molecular weight is 372 g/mol. The number of carbonyl (C=O) groups excluding carboxylic acids is 2. The van der Waals surface area contributed by atoms with E-state index in [1.165, 1.54) is 17.5 Å². The average Bonchev–Trinajstić information content (AvgIpc) is 3.18. The molecular formula is C16H12F4N2O2S. The van der Waals surface area contributed by atoms with Crippen LogP contribution in [0.5, 0.6) is 0 Å². The SMILES string of the molecule is O=C1NC[C@H](c2cc(C(F)F)cs2)[C@H]1C(=O)Nc1cccc(F)c1F. The normalized spacial score (nSPS) is 20.0. The van der Waals surface area contributed by atoms with Crippen LogP contribution in [0.15, 0.2) is 29.6 Å². The number of alkyl halides is 2. The van der Waals surface area contributed by atoms with E-state index in [-0.39, 0.29) is 17.8 Å². The molecule has 0 spiro atoms. The predicted octanol–water partition coefficient (Wildman–Crippen LogP) is 3.43. The molecule has 132 valence electrons. The van der Waals surface area contributed by atoms with Crippen molar-refractivity contribution in [1.82, 2.24) is 5.32 Å². The Bertz CT molecular complexity index is 824. The molecular weight excluding hydrogens is 360 g/mol. The maximum Gasteiger partial charge on any atom is 0.264 e. The van der Waals surface area contributed by atoms with Crippen molar-refractivity contribution in [2.24, 2.45) is 5.92 Å². The van der Waals surface area contributed by atoms with Crippen LogP contribution in [-0.4, -0.2) is 18.4 Å². The first kappa shape index (κ1) is 17.4. The minimum atomic E-state index is -2.65. The van der Waals surface area contributed by atoms with Crippen LogP contribution in [0.25, 0.3) is 0 Å². The van der Waals surface area contributed by atoms with Gasteiger partial charge in [0.05, 0.1) is 5.69 Å². The van der Waals surface area contributed by atoms with E-state index in [1.807, 2.05) is 0 Å². The quantitative estimate of drug-likeness (QED) is 0.638. The van der Waals surface area contributed by atoms with Crippen LogP contribution in [0.4, 0.5) is 23.2 Å². The van der Waals surface area contributed by atoms with Gasteiger partial charge in [-0.3, -0.25) is 9.59 Å². The van der Waals surface area contributed by atoms with Crippen molar-refractivity contribution in [3.8, 4) is 0 Å². The lowest BCUT2D eigenvalue weighted by Gasteiger charge is -2.15. The van der Waals surface area contributed by atoms with Crippen molar-refractivity contribution in [3.05, 3.63) is 51.7 Å². The Kier molecular flexibility index (Phi) is 4.76. The Morgan fingerprint density at radius 3 is 2.76 bits per heavy atom. The van der Waals surface area contributed by atoms with Crippen LogP contribution in [0.1, 0.15) is 22.8 Å². The van der Waals surface area contributed by atoms with Gasteiger partial charge in [0.25, 0.3) is 6.43 Å². The number of hydrogen-bond donors (Lipinski definition) is 2. The molecule has 1 aromatic heterocycles. The van der Waals surface area contributed by atoms with Gasteiger partial charge in [-0.05, 0) is 23.6 Å². The Morgan fingerprint density at radius 1 is 1.32 bits per heavy atom. The molecule has 0 bridgehead atoms. The van der Waals surface area contributed by atoms with Gasteiger partial charge in [0.1, 0.15) is 5.92 Å². The number of halogens is 4. The summed E-state index contributed by atoms with van der Waals surface area (Å²) < 4.78 is 52.4. The standard InChI is InChI=1S/C16H12F4N2O2S/c17-9-2-1-3-10(13(9)18)22-16(24)12-8(5-21-15(12)23)11-4-7(6-25-11)14(19)20/h1-4,6,8,12,14H,5H2,(H,21,23)(H,22,24)/t8-,12-/m1/s1. The second-order valence-corrected chi connectivity index (χ2v) is 6.45. The summed E-state index contributed by atoms with van der Waals surface area (Å²) in [5.74, 6) is -5.65. The second kappa shape index (κ2) is 6.83. The maximum atomic E-state index is 13.7. The van der Waals surface area contributed by atoms with Crippen LogP contribution >= 0.6 is 11.3 Å².